The lowest BCUT2D eigenvalue weighted by molar-refractivity contribution is 0.105. The maximum Gasteiger partial charge on any atom is 0.154 e. The first-order valence-corrected chi connectivity index (χ1v) is 11.6. The Morgan fingerprint density at radius 2 is 2.14 bits per heavy atom. The molecule has 8 heteroatoms. The molecule has 0 spiro atoms. The number of ether oxygens (including phenoxy) is 1. The molecule has 2 fully saturated rings. The number of rotatable bonds is 6. The van der Waals surface area contributed by atoms with Gasteiger partial charge < -0.3 is 10.1 Å². The predicted octanol–water partition coefficient (Wildman–Crippen LogP) is 4.31. The summed E-state index contributed by atoms with van der Waals surface area (Å²) in [7, 11) is 1.76. The average Bonchev–Trinajstić information content (AvgIpc) is 3.20. The summed E-state index contributed by atoms with van der Waals surface area (Å²) in [5.41, 5.74) is 2.31. The van der Waals surface area contributed by atoms with Crippen LogP contribution >= 0.6 is 22.9 Å². The smallest absolute Gasteiger partial charge is 0.154 e. The number of hydrogen-bond acceptors (Lipinski definition) is 6. The van der Waals surface area contributed by atoms with Gasteiger partial charge in [-0.05, 0) is 62.6 Å². The number of nitrogens with zero attached hydrogens (tertiary/aromatic N) is 4. The number of fused-ring (bicyclic) bond motifs is 1. The molecule has 0 amide bonds. The SMILES string of the molecule is COCC(C1CCNCC1)n1cc(C2CC2c2nc(C)nc3sccc23)c(Cl)n1. The van der Waals surface area contributed by atoms with E-state index in [1.54, 1.807) is 18.4 Å². The lowest BCUT2D eigenvalue weighted by atomic mass is 9.90. The fourth-order valence-corrected chi connectivity index (χ4v) is 5.84. The number of hydrogen-bond donors (Lipinski definition) is 1. The van der Waals surface area contributed by atoms with Crippen molar-refractivity contribution in [2.75, 3.05) is 26.8 Å². The zero-order chi connectivity index (χ0) is 20.0. The molecule has 1 aliphatic heterocycles. The summed E-state index contributed by atoms with van der Waals surface area (Å²) in [6, 6.07) is 2.37. The molecular formula is C21H26ClN5OS. The molecule has 0 bridgehead atoms. The summed E-state index contributed by atoms with van der Waals surface area (Å²) in [6.07, 6.45) is 5.51. The molecular weight excluding hydrogens is 406 g/mol. The molecule has 0 radical (unpaired) electrons. The molecule has 29 heavy (non-hydrogen) atoms. The lowest BCUT2D eigenvalue weighted by Crippen LogP contribution is -2.34. The van der Waals surface area contributed by atoms with E-state index in [4.69, 9.17) is 26.4 Å². The van der Waals surface area contributed by atoms with Gasteiger partial charge in [0.05, 0.1) is 18.3 Å². The first-order chi connectivity index (χ1) is 14.2. The molecule has 3 unspecified atom stereocenters. The van der Waals surface area contributed by atoms with Crippen LogP contribution in [-0.4, -0.2) is 46.6 Å². The Bertz CT molecular complexity index is 1010. The fraction of sp³-hybridized carbons (Fsp3) is 0.571. The van der Waals surface area contributed by atoms with Crippen LogP contribution in [0.4, 0.5) is 0 Å². The van der Waals surface area contributed by atoms with Crippen molar-refractivity contribution >= 4 is 33.2 Å². The normalized spacial score (nSPS) is 23.6. The number of thiophene rings is 1. The Morgan fingerprint density at radius 1 is 1.31 bits per heavy atom. The van der Waals surface area contributed by atoms with E-state index >= 15 is 0 Å². The van der Waals surface area contributed by atoms with Crippen molar-refractivity contribution in [2.24, 2.45) is 5.92 Å². The first kappa shape index (κ1) is 19.4. The molecule has 1 N–H and O–H groups in total. The number of piperidine rings is 1. The third kappa shape index (κ3) is 3.69. The molecule has 154 valence electrons. The number of aryl methyl sites for hydroxylation is 1. The molecule has 3 aromatic heterocycles. The standard InChI is InChI=1S/C21H26ClN5OS/c1-12-24-19(14-5-8-29-21(14)25-12)16-9-15(16)17-10-27(26-20(17)22)18(11-28-2)13-3-6-23-7-4-13/h5,8,10,13,15-16,18,23H,3-4,6-7,9,11H2,1-2H3. The Kier molecular flexibility index (Phi) is 5.32. The quantitative estimate of drug-likeness (QED) is 0.630. The van der Waals surface area contributed by atoms with Crippen molar-refractivity contribution in [1.29, 1.82) is 0 Å². The fourth-order valence-electron chi connectivity index (χ4n) is 4.74. The Hall–Kier alpha value is -1.54. The molecule has 1 saturated heterocycles. The molecule has 3 atom stereocenters. The zero-order valence-corrected chi connectivity index (χ0v) is 18.3. The molecule has 1 aliphatic carbocycles. The van der Waals surface area contributed by atoms with Crippen LogP contribution in [0.2, 0.25) is 5.15 Å². The van der Waals surface area contributed by atoms with Crippen molar-refractivity contribution < 1.29 is 4.74 Å². The van der Waals surface area contributed by atoms with E-state index in [-0.39, 0.29) is 6.04 Å². The topological polar surface area (TPSA) is 64.9 Å². The van der Waals surface area contributed by atoms with Gasteiger partial charge in [0.15, 0.2) is 5.15 Å². The molecule has 6 nitrogen and oxygen atoms in total. The van der Waals surface area contributed by atoms with Crippen LogP contribution in [0, 0.1) is 12.8 Å². The molecule has 2 aliphatic rings. The first-order valence-electron chi connectivity index (χ1n) is 10.3. The van der Waals surface area contributed by atoms with Gasteiger partial charge in [0.1, 0.15) is 10.7 Å². The van der Waals surface area contributed by atoms with Gasteiger partial charge in [-0.3, -0.25) is 4.68 Å². The minimum atomic E-state index is 0.232. The molecule has 4 heterocycles. The summed E-state index contributed by atoms with van der Waals surface area (Å²) in [5.74, 6) is 2.17. The van der Waals surface area contributed by atoms with E-state index in [9.17, 15) is 0 Å². The number of methoxy groups -OCH3 is 1. The number of nitrogens with one attached hydrogen (secondary N) is 1. The van der Waals surface area contributed by atoms with E-state index in [0.29, 0.717) is 29.5 Å². The highest BCUT2D eigenvalue weighted by Crippen LogP contribution is 2.57. The highest BCUT2D eigenvalue weighted by molar-refractivity contribution is 7.16. The van der Waals surface area contributed by atoms with E-state index < -0.39 is 0 Å². The van der Waals surface area contributed by atoms with E-state index in [1.807, 2.05) is 6.92 Å². The lowest BCUT2D eigenvalue weighted by Gasteiger charge is -2.30. The van der Waals surface area contributed by atoms with Crippen LogP contribution in [0.25, 0.3) is 10.2 Å². The van der Waals surface area contributed by atoms with Crippen LogP contribution in [-0.2, 0) is 4.74 Å². The minimum absolute atomic E-state index is 0.232. The van der Waals surface area contributed by atoms with Crippen molar-refractivity contribution in [3.63, 3.8) is 0 Å². The zero-order valence-electron chi connectivity index (χ0n) is 16.8. The van der Waals surface area contributed by atoms with Crippen LogP contribution in [0.1, 0.15) is 54.2 Å². The largest absolute Gasteiger partial charge is 0.382 e. The minimum Gasteiger partial charge on any atom is -0.382 e. The summed E-state index contributed by atoms with van der Waals surface area (Å²) in [6.45, 7) is 4.75. The summed E-state index contributed by atoms with van der Waals surface area (Å²) in [4.78, 5) is 10.4. The van der Waals surface area contributed by atoms with Crippen molar-refractivity contribution in [3.8, 4) is 0 Å². The molecule has 1 saturated carbocycles. The molecule has 0 aromatic carbocycles. The van der Waals surface area contributed by atoms with Crippen molar-refractivity contribution in [2.45, 2.75) is 44.1 Å². The van der Waals surface area contributed by atoms with E-state index in [0.717, 1.165) is 54.3 Å². The number of halogens is 1. The second kappa shape index (κ2) is 7.95. The summed E-state index contributed by atoms with van der Waals surface area (Å²) >= 11 is 8.31. The van der Waals surface area contributed by atoms with Gasteiger partial charge in [0.25, 0.3) is 0 Å². The number of aromatic nitrogens is 4. The maximum absolute atomic E-state index is 6.63. The summed E-state index contributed by atoms with van der Waals surface area (Å²) < 4.78 is 7.61. The molecule has 3 aromatic rings. The van der Waals surface area contributed by atoms with E-state index in [1.165, 1.54) is 5.39 Å². The Balaban J connectivity index is 1.41. The van der Waals surface area contributed by atoms with Gasteiger partial charge in [0, 0.05) is 30.2 Å². The second-order valence-electron chi connectivity index (χ2n) is 8.21. The van der Waals surface area contributed by atoms with Gasteiger partial charge in [-0.15, -0.1) is 11.3 Å². The van der Waals surface area contributed by atoms with Crippen LogP contribution in [0.5, 0.6) is 0 Å². The van der Waals surface area contributed by atoms with Crippen molar-refractivity contribution in [3.05, 3.63) is 39.9 Å². The average molecular weight is 432 g/mol. The summed E-state index contributed by atoms with van der Waals surface area (Å²) in [5, 5.41) is 12.1. The van der Waals surface area contributed by atoms with Gasteiger partial charge in [0.2, 0.25) is 0 Å². The van der Waals surface area contributed by atoms with Gasteiger partial charge in [-0.2, -0.15) is 5.10 Å². The van der Waals surface area contributed by atoms with Crippen LogP contribution < -0.4 is 5.32 Å². The monoisotopic (exact) mass is 431 g/mol. The Morgan fingerprint density at radius 3 is 2.93 bits per heavy atom. The predicted molar refractivity (Wildman–Crippen MR) is 116 cm³/mol. The van der Waals surface area contributed by atoms with E-state index in [2.05, 4.69) is 32.6 Å². The third-order valence-corrected chi connectivity index (χ3v) is 7.43. The highest BCUT2D eigenvalue weighted by atomic mass is 35.5. The maximum atomic E-state index is 6.63. The second-order valence-corrected chi connectivity index (χ2v) is 9.46. The third-order valence-electron chi connectivity index (χ3n) is 6.33. The van der Waals surface area contributed by atoms with Gasteiger partial charge >= 0.3 is 0 Å². The van der Waals surface area contributed by atoms with Crippen molar-refractivity contribution in [1.82, 2.24) is 25.1 Å². The van der Waals surface area contributed by atoms with Crippen LogP contribution in [0.15, 0.2) is 17.6 Å². The van der Waals surface area contributed by atoms with Crippen LogP contribution in [0.3, 0.4) is 0 Å². The van der Waals surface area contributed by atoms with Gasteiger partial charge in [-0.1, -0.05) is 11.6 Å². The molecule has 5 rings (SSSR count). The Labute approximate surface area is 179 Å². The van der Waals surface area contributed by atoms with Gasteiger partial charge in [-0.25, -0.2) is 9.97 Å². The highest BCUT2D eigenvalue weighted by Gasteiger charge is 2.44.